The number of ether oxygens (including phenoxy) is 1. The fourth-order valence-corrected chi connectivity index (χ4v) is 6.97. The third-order valence-corrected chi connectivity index (χ3v) is 8.80. The molecular formula is C31H39N3O5. The Morgan fingerprint density at radius 1 is 1.03 bits per heavy atom. The quantitative estimate of drug-likeness (QED) is 0.385. The van der Waals surface area contributed by atoms with Crippen molar-refractivity contribution in [2.24, 2.45) is 11.8 Å². The van der Waals surface area contributed by atoms with Gasteiger partial charge < -0.3 is 25.4 Å². The van der Waals surface area contributed by atoms with E-state index in [-0.39, 0.29) is 24.3 Å². The van der Waals surface area contributed by atoms with E-state index in [9.17, 15) is 19.5 Å². The lowest BCUT2D eigenvalue weighted by Crippen LogP contribution is -2.58. The van der Waals surface area contributed by atoms with Crippen molar-refractivity contribution >= 4 is 17.7 Å². The molecular weight excluding hydrogens is 494 g/mol. The minimum absolute atomic E-state index is 0.239. The van der Waals surface area contributed by atoms with E-state index in [2.05, 4.69) is 17.6 Å². The number of hydrogen-bond donors (Lipinski definition) is 3. The third kappa shape index (κ3) is 4.85. The van der Waals surface area contributed by atoms with E-state index in [1.807, 2.05) is 67.6 Å². The van der Waals surface area contributed by atoms with Gasteiger partial charge in [0, 0.05) is 13.1 Å². The summed E-state index contributed by atoms with van der Waals surface area (Å²) in [5.74, 6) is -2.32. The van der Waals surface area contributed by atoms with Crippen molar-refractivity contribution in [1.29, 1.82) is 0 Å². The molecule has 0 saturated carbocycles. The van der Waals surface area contributed by atoms with Crippen molar-refractivity contribution in [3.05, 3.63) is 71.8 Å². The number of nitrogens with one attached hydrogen (secondary N) is 2. The number of carbonyl (C=O) groups excluding carboxylic acids is 3. The maximum Gasteiger partial charge on any atom is 0.245 e. The molecule has 2 aromatic carbocycles. The number of likely N-dealkylation sites (tertiary alicyclic amines) is 1. The van der Waals surface area contributed by atoms with Crippen LogP contribution in [0.5, 0.6) is 0 Å². The summed E-state index contributed by atoms with van der Waals surface area (Å²) in [6.07, 6.45) is 3.22. The van der Waals surface area contributed by atoms with Gasteiger partial charge in [0.25, 0.3) is 0 Å². The Hall–Kier alpha value is -3.23. The molecule has 3 amide bonds. The van der Waals surface area contributed by atoms with Crippen molar-refractivity contribution in [3.8, 4) is 0 Å². The number of hydrogen-bond acceptors (Lipinski definition) is 5. The second kappa shape index (κ2) is 11.1. The van der Waals surface area contributed by atoms with Gasteiger partial charge in [-0.3, -0.25) is 14.4 Å². The molecule has 8 nitrogen and oxygen atoms in total. The van der Waals surface area contributed by atoms with Gasteiger partial charge in [-0.05, 0) is 43.7 Å². The maximum atomic E-state index is 14.3. The number of unbranched alkanes of at least 4 members (excludes halogenated alkanes) is 1. The molecule has 39 heavy (non-hydrogen) atoms. The molecule has 3 heterocycles. The molecule has 0 radical (unpaired) electrons. The lowest BCUT2D eigenvalue weighted by Gasteiger charge is -2.37. The Labute approximate surface area is 230 Å². The number of carbonyl (C=O) groups is 3. The van der Waals surface area contributed by atoms with Crippen molar-refractivity contribution in [2.45, 2.75) is 75.8 Å². The zero-order chi connectivity index (χ0) is 27.6. The minimum Gasteiger partial charge on any atom is -0.394 e. The number of benzene rings is 2. The van der Waals surface area contributed by atoms with Gasteiger partial charge in [-0.1, -0.05) is 74.0 Å². The Bertz CT molecular complexity index is 1190. The Balaban J connectivity index is 1.48. The molecule has 3 N–H and O–H groups in total. The lowest BCUT2D eigenvalue weighted by molar-refractivity contribution is -0.149. The highest BCUT2D eigenvalue weighted by atomic mass is 16.5. The van der Waals surface area contributed by atoms with Crippen LogP contribution in [0.15, 0.2) is 60.7 Å². The highest BCUT2D eigenvalue weighted by molar-refractivity contribution is 5.99. The van der Waals surface area contributed by atoms with E-state index in [1.165, 1.54) is 0 Å². The maximum absolute atomic E-state index is 14.3. The summed E-state index contributed by atoms with van der Waals surface area (Å²) >= 11 is 0. The van der Waals surface area contributed by atoms with Gasteiger partial charge >= 0.3 is 0 Å². The van der Waals surface area contributed by atoms with Crippen LogP contribution in [0.1, 0.15) is 50.7 Å². The SMILES string of the molecule is CCCCNC(=O)C1N([C@@H](CO)Cc2ccccc2)C(=O)[C@@H]2[C@H](C(=O)NCc3ccccc3)[C@]3(C)CCC12O3. The first-order valence-electron chi connectivity index (χ1n) is 14.1. The lowest BCUT2D eigenvalue weighted by atomic mass is 9.66. The minimum atomic E-state index is -1.11. The van der Waals surface area contributed by atoms with Crippen LogP contribution in [-0.4, -0.2) is 64.2 Å². The van der Waals surface area contributed by atoms with Crippen molar-refractivity contribution < 1.29 is 24.2 Å². The van der Waals surface area contributed by atoms with Crippen LogP contribution < -0.4 is 10.6 Å². The zero-order valence-corrected chi connectivity index (χ0v) is 22.8. The summed E-state index contributed by atoms with van der Waals surface area (Å²) < 4.78 is 6.68. The number of nitrogens with zero attached hydrogens (tertiary/aromatic N) is 1. The van der Waals surface area contributed by atoms with Crippen LogP contribution in [0.2, 0.25) is 0 Å². The zero-order valence-electron chi connectivity index (χ0n) is 22.8. The first kappa shape index (κ1) is 27.3. The molecule has 0 aromatic heterocycles. The van der Waals surface area contributed by atoms with E-state index < -0.39 is 35.1 Å². The molecule has 3 aliphatic heterocycles. The number of amides is 3. The Morgan fingerprint density at radius 3 is 2.33 bits per heavy atom. The van der Waals surface area contributed by atoms with Gasteiger partial charge in [0.05, 0.1) is 30.1 Å². The number of fused-ring (bicyclic) bond motifs is 1. The average molecular weight is 534 g/mol. The van der Waals surface area contributed by atoms with Crippen LogP contribution in [0.4, 0.5) is 0 Å². The van der Waals surface area contributed by atoms with Crippen LogP contribution >= 0.6 is 0 Å². The molecule has 2 unspecified atom stereocenters. The molecule has 5 rings (SSSR count). The van der Waals surface area contributed by atoms with Crippen LogP contribution in [0.3, 0.4) is 0 Å². The van der Waals surface area contributed by atoms with Crippen molar-refractivity contribution in [2.75, 3.05) is 13.2 Å². The van der Waals surface area contributed by atoms with Crippen LogP contribution in [0, 0.1) is 11.8 Å². The van der Waals surface area contributed by atoms with Gasteiger partial charge in [-0.2, -0.15) is 0 Å². The van der Waals surface area contributed by atoms with E-state index in [1.54, 1.807) is 4.90 Å². The molecule has 1 spiro atoms. The van der Waals surface area contributed by atoms with E-state index >= 15 is 0 Å². The second-order valence-corrected chi connectivity index (χ2v) is 11.3. The highest BCUT2D eigenvalue weighted by Gasteiger charge is 2.78. The first-order valence-corrected chi connectivity index (χ1v) is 14.1. The van der Waals surface area contributed by atoms with E-state index in [0.717, 1.165) is 24.0 Å². The summed E-state index contributed by atoms with van der Waals surface area (Å²) in [7, 11) is 0. The number of rotatable bonds is 11. The van der Waals surface area contributed by atoms with Crippen LogP contribution in [-0.2, 0) is 32.1 Å². The largest absolute Gasteiger partial charge is 0.394 e. The van der Waals surface area contributed by atoms with E-state index in [4.69, 9.17) is 4.74 Å². The van der Waals surface area contributed by atoms with Crippen molar-refractivity contribution in [3.63, 3.8) is 0 Å². The monoisotopic (exact) mass is 533 g/mol. The van der Waals surface area contributed by atoms with Gasteiger partial charge in [0.1, 0.15) is 11.6 Å². The summed E-state index contributed by atoms with van der Waals surface area (Å²) in [6.45, 7) is 4.48. The van der Waals surface area contributed by atoms with Crippen molar-refractivity contribution in [1.82, 2.24) is 15.5 Å². The van der Waals surface area contributed by atoms with Crippen LogP contribution in [0.25, 0.3) is 0 Å². The molecule has 0 aliphatic carbocycles. The molecule has 6 atom stereocenters. The fraction of sp³-hybridized carbons (Fsp3) is 0.516. The number of aliphatic hydroxyl groups excluding tert-OH is 1. The standard InChI is InChI=1S/C31H39N3O5/c1-3-4-17-32-28(37)26-31-16-15-30(2,39-31)24(27(36)33-19-22-13-9-6-10-14-22)25(31)29(38)34(26)23(20-35)18-21-11-7-5-8-12-21/h5-14,23-26,35H,3-4,15-20H2,1-2H3,(H,32,37)(H,33,36)/t23-,24-,25+,26?,30+,31?/m1/s1. The predicted molar refractivity (Wildman–Crippen MR) is 146 cm³/mol. The molecule has 208 valence electrons. The molecule has 2 aromatic rings. The molecule has 3 saturated heterocycles. The second-order valence-electron chi connectivity index (χ2n) is 11.3. The Morgan fingerprint density at radius 2 is 1.69 bits per heavy atom. The predicted octanol–water partition coefficient (Wildman–Crippen LogP) is 2.59. The van der Waals surface area contributed by atoms with E-state index in [0.29, 0.717) is 32.4 Å². The summed E-state index contributed by atoms with van der Waals surface area (Å²) in [5, 5.41) is 16.5. The fourth-order valence-electron chi connectivity index (χ4n) is 6.97. The van der Waals surface area contributed by atoms with Gasteiger partial charge in [0.15, 0.2) is 0 Å². The van der Waals surface area contributed by atoms with Gasteiger partial charge in [-0.25, -0.2) is 0 Å². The average Bonchev–Trinajstić information content (AvgIpc) is 3.52. The normalized spacial score (nSPS) is 29.8. The molecule has 3 aliphatic rings. The third-order valence-electron chi connectivity index (χ3n) is 8.80. The highest BCUT2D eigenvalue weighted by Crippen LogP contribution is 2.63. The summed E-state index contributed by atoms with van der Waals surface area (Å²) in [4.78, 5) is 43.4. The molecule has 8 heteroatoms. The molecule has 3 fully saturated rings. The first-order chi connectivity index (χ1) is 18.8. The smallest absolute Gasteiger partial charge is 0.245 e. The summed E-state index contributed by atoms with van der Waals surface area (Å²) in [6, 6.07) is 17.7. The topological polar surface area (TPSA) is 108 Å². The molecule has 2 bridgehead atoms. The summed E-state index contributed by atoms with van der Waals surface area (Å²) in [5.41, 5.74) is -0.0338. The van der Waals surface area contributed by atoms with Gasteiger partial charge in [-0.15, -0.1) is 0 Å². The number of aliphatic hydroxyl groups is 1. The Kier molecular flexibility index (Phi) is 7.78. The van der Waals surface area contributed by atoms with Gasteiger partial charge in [0.2, 0.25) is 17.7 Å².